The zero-order valence-corrected chi connectivity index (χ0v) is 25.6. The van der Waals surface area contributed by atoms with E-state index >= 15 is 0 Å². The molecule has 6 rings (SSSR count). The van der Waals surface area contributed by atoms with E-state index in [1.54, 1.807) is 4.90 Å². The van der Waals surface area contributed by atoms with Crippen molar-refractivity contribution in [3.8, 4) is 0 Å². The van der Waals surface area contributed by atoms with Gasteiger partial charge < -0.3 is 30.2 Å². The summed E-state index contributed by atoms with van der Waals surface area (Å²) in [5.74, 6) is 0.584. The monoisotopic (exact) mass is 585 g/mol. The number of carbonyl (C=O) groups excluding carboxylic acids is 2. The molecule has 43 heavy (non-hydrogen) atoms. The number of piperidine rings is 3. The summed E-state index contributed by atoms with van der Waals surface area (Å²) >= 11 is 0. The Balaban J connectivity index is 1.12. The molecule has 1 atom stereocenters. The molecular weight excluding hydrogens is 538 g/mol. The zero-order valence-electron chi connectivity index (χ0n) is 25.6. The predicted molar refractivity (Wildman–Crippen MR) is 174 cm³/mol. The van der Waals surface area contributed by atoms with Crippen LogP contribution < -0.4 is 20.4 Å². The van der Waals surface area contributed by atoms with Gasteiger partial charge in [0.25, 0.3) is 5.91 Å². The molecule has 4 heterocycles. The van der Waals surface area contributed by atoms with Crippen LogP contribution in [0.4, 0.5) is 21.9 Å². The van der Waals surface area contributed by atoms with Gasteiger partial charge >= 0.3 is 6.03 Å². The quantitative estimate of drug-likeness (QED) is 0.482. The van der Waals surface area contributed by atoms with Crippen molar-refractivity contribution in [3.05, 3.63) is 54.1 Å². The van der Waals surface area contributed by atoms with Crippen molar-refractivity contribution in [2.24, 2.45) is 4.99 Å². The number of fused-ring (bicyclic) bond motifs is 1. The summed E-state index contributed by atoms with van der Waals surface area (Å²) in [4.78, 5) is 41.2. The second kappa shape index (κ2) is 13.8. The Morgan fingerprint density at radius 3 is 2.21 bits per heavy atom. The number of urea groups is 1. The van der Waals surface area contributed by atoms with Gasteiger partial charge in [-0.25, -0.2) is 9.79 Å². The number of likely N-dealkylation sites (tertiary alicyclic amines) is 2. The van der Waals surface area contributed by atoms with Gasteiger partial charge in [0.1, 0.15) is 5.84 Å². The van der Waals surface area contributed by atoms with Crippen LogP contribution in [0.5, 0.6) is 0 Å². The van der Waals surface area contributed by atoms with Gasteiger partial charge in [-0.05, 0) is 101 Å². The minimum atomic E-state index is -1.00. The van der Waals surface area contributed by atoms with Crippen molar-refractivity contribution in [1.82, 2.24) is 15.1 Å². The number of rotatable bonds is 6. The van der Waals surface area contributed by atoms with Crippen LogP contribution in [0.1, 0.15) is 70.3 Å². The standard InChI is InChI=1S/C34H47N7O2/c1-2-19-41-30-12-6-5-11-29(30)32(40-22-9-4-10-23-40)36-31(33(41)42)37-34(43)35-26-13-15-27(16-14-26)39-24-17-28(18-25-39)38-20-7-3-8-21-38/h5-6,11-16,28,31H,2-4,7-10,17-25H2,1H3,(H2,35,37,43). The Bertz CT molecular complexity index is 1280. The van der Waals surface area contributed by atoms with Crippen LogP contribution in [0, 0.1) is 0 Å². The van der Waals surface area contributed by atoms with E-state index in [0.717, 1.165) is 62.5 Å². The molecule has 0 aromatic heterocycles. The molecule has 3 amide bonds. The molecule has 0 bridgehead atoms. The van der Waals surface area contributed by atoms with E-state index in [0.29, 0.717) is 18.3 Å². The van der Waals surface area contributed by atoms with E-state index in [1.807, 2.05) is 36.4 Å². The molecule has 3 saturated heterocycles. The van der Waals surface area contributed by atoms with Crippen LogP contribution >= 0.6 is 0 Å². The van der Waals surface area contributed by atoms with Crippen molar-refractivity contribution in [2.75, 3.05) is 60.9 Å². The third-order valence-corrected chi connectivity index (χ3v) is 9.42. The summed E-state index contributed by atoms with van der Waals surface area (Å²) in [6.45, 7) is 9.06. The fourth-order valence-corrected chi connectivity index (χ4v) is 7.14. The molecule has 0 saturated carbocycles. The van der Waals surface area contributed by atoms with E-state index in [1.165, 1.54) is 57.3 Å². The summed E-state index contributed by atoms with van der Waals surface area (Å²) in [7, 11) is 0. The first-order valence-corrected chi connectivity index (χ1v) is 16.5. The number of amidine groups is 1. The smallest absolute Gasteiger partial charge is 0.321 e. The van der Waals surface area contributed by atoms with Crippen molar-refractivity contribution < 1.29 is 9.59 Å². The van der Waals surface area contributed by atoms with Crippen molar-refractivity contribution in [1.29, 1.82) is 0 Å². The number of carbonyl (C=O) groups is 2. The molecule has 9 heteroatoms. The van der Waals surface area contributed by atoms with Crippen LogP contribution in [0.2, 0.25) is 0 Å². The van der Waals surface area contributed by atoms with Gasteiger partial charge in [0, 0.05) is 55.7 Å². The molecule has 4 aliphatic heterocycles. The second-order valence-corrected chi connectivity index (χ2v) is 12.4. The van der Waals surface area contributed by atoms with Gasteiger partial charge in [-0.3, -0.25) is 4.79 Å². The molecule has 230 valence electrons. The van der Waals surface area contributed by atoms with Crippen LogP contribution in [-0.2, 0) is 4.79 Å². The van der Waals surface area contributed by atoms with Crippen molar-refractivity contribution in [2.45, 2.75) is 76.9 Å². The number of para-hydroxylation sites is 1. The molecule has 2 N–H and O–H groups in total. The van der Waals surface area contributed by atoms with E-state index < -0.39 is 12.2 Å². The van der Waals surface area contributed by atoms with E-state index in [4.69, 9.17) is 4.99 Å². The molecule has 2 aromatic rings. The number of amides is 3. The van der Waals surface area contributed by atoms with Crippen LogP contribution in [0.15, 0.2) is 53.5 Å². The van der Waals surface area contributed by atoms with Gasteiger partial charge in [0.05, 0.1) is 5.69 Å². The van der Waals surface area contributed by atoms with E-state index in [-0.39, 0.29) is 5.91 Å². The maximum absolute atomic E-state index is 13.8. The highest BCUT2D eigenvalue weighted by atomic mass is 16.2. The number of nitrogens with one attached hydrogen (secondary N) is 2. The lowest BCUT2D eigenvalue weighted by atomic mass is 9.99. The molecule has 0 aliphatic carbocycles. The Hall–Kier alpha value is -3.59. The van der Waals surface area contributed by atoms with Crippen LogP contribution in [0.3, 0.4) is 0 Å². The Labute approximate surface area is 256 Å². The largest absolute Gasteiger partial charge is 0.371 e. The second-order valence-electron chi connectivity index (χ2n) is 12.4. The maximum atomic E-state index is 13.8. The number of anilines is 3. The lowest BCUT2D eigenvalue weighted by molar-refractivity contribution is -0.120. The summed E-state index contributed by atoms with van der Waals surface area (Å²) in [5, 5.41) is 5.84. The van der Waals surface area contributed by atoms with Gasteiger partial charge in [-0.2, -0.15) is 0 Å². The number of benzodiazepines with no additional fused rings is 1. The SMILES string of the molecule is CCCN1C(=O)C(NC(=O)Nc2ccc(N3CCC(N4CCCCC4)CC3)cc2)N=C(N2CCCCC2)c2ccccc21. The number of hydrogen-bond donors (Lipinski definition) is 2. The molecule has 9 nitrogen and oxygen atoms in total. The maximum Gasteiger partial charge on any atom is 0.321 e. The summed E-state index contributed by atoms with van der Waals surface area (Å²) in [5.41, 5.74) is 3.69. The lowest BCUT2D eigenvalue weighted by Crippen LogP contribution is -2.49. The topological polar surface area (TPSA) is 83.5 Å². The summed E-state index contributed by atoms with van der Waals surface area (Å²) < 4.78 is 0. The lowest BCUT2D eigenvalue weighted by Gasteiger charge is -2.41. The summed E-state index contributed by atoms with van der Waals surface area (Å²) in [6.07, 6.45) is 9.67. The van der Waals surface area contributed by atoms with Gasteiger partial charge in [0.15, 0.2) is 0 Å². The highest BCUT2D eigenvalue weighted by Gasteiger charge is 2.34. The fourth-order valence-electron chi connectivity index (χ4n) is 7.14. The molecule has 4 aliphatic rings. The molecular formula is C34H47N7O2. The molecule has 3 fully saturated rings. The minimum Gasteiger partial charge on any atom is -0.371 e. The number of aliphatic imine (C=N–C) groups is 1. The van der Waals surface area contributed by atoms with Gasteiger partial charge in [-0.15, -0.1) is 0 Å². The molecule has 1 unspecified atom stereocenters. The van der Waals surface area contributed by atoms with E-state index in [2.05, 4.69) is 44.4 Å². The zero-order chi connectivity index (χ0) is 29.6. The Morgan fingerprint density at radius 1 is 0.837 bits per heavy atom. The normalized spacial score (nSPS) is 22.1. The first-order valence-electron chi connectivity index (χ1n) is 16.5. The number of hydrogen-bond acceptors (Lipinski definition) is 6. The third-order valence-electron chi connectivity index (χ3n) is 9.42. The molecule has 0 spiro atoms. The minimum absolute atomic E-state index is 0.209. The van der Waals surface area contributed by atoms with Gasteiger partial charge in [-0.1, -0.05) is 25.5 Å². The average Bonchev–Trinajstić information content (AvgIpc) is 3.17. The van der Waals surface area contributed by atoms with E-state index in [9.17, 15) is 9.59 Å². The Morgan fingerprint density at radius 2 is 1.51 bits per heavy atom. The molecule has 2 aromatic carbocycles. The van der Waals surface area contributed by atoms with Crippen LogP contribution in [-0.4, -0.2) is 85.6 Å². The average molecular weight is 586 g/mol. The fraction of sp³-hybridized carbons (Fsp3) is 0.559. The molecule has 0 radical (unpaired) electrons. The number of benzene rings is 2. The first-order chi connectivity index (χ1) is 21.1. The highest BCUT2D eigenvalue weighted by molar-refractivity contribution is 6.12. The Kier molecular flexibility index (Phi) is 9.46. The van der Waals surface area contributed by atoms with Crippen molar-refractivity contribution >= 4 is 34.8 Å². The van der Waals surface area contributed by atoms with Crippen molar-refractivity contribution in [3.63, 3.8) is 0 Å². The van der Waals surface area contributed by atoms with Crippen LogP contribution in [0.25, 0.3) is 0 Å². The number of nitrogens with zero attached hydrogens (tertiary/aromatic N) is 5. The summed E-state index contributed by atoms with van der Waals surface area (Å²) in [6, 6.07) is 16.3. The predicted octanol–water partition coefficient (Wildman–Crippen LogP) is 5.28. The first kappa shape index (κ1) is 29.5. The third kappa shape index (κ3) is 6.82. The van der Waals surface area contributed by atoms with Gasteiger partial charge in [0.2, 0.25) is 6.17 Å². The highest BCUT2D eigenvalue weighted by Crippen LogP contribution is 2.29.